The standard InChI is InChI=1S/C29H30N4O3/c34-15-14-26(19-4-2-1-3-5-19)30-29(35)21-8-13-27-25(16-21)28(32-31-27)20-6-9-22(10-7-20)33-23-11-12-24(33)18-36-17-23/h1-10,13,16,23-24,26,34H,11-12,14-15,17-18H2,(H,30,35)(H,31,32)/t23?,24?,26-/m1/s1. The quantitative estimate of drug-likeness (QED) is 0.362. The van der Waals surface area contributed by atoms with Gasteiger partial charge in [0.2, 0.25) is 0 Å². The maximum Gasteiger partial charge on any atom is 0.251 e. The molecule has 2 aliphatic rings. The van der Waals surface area contributed by atoms with E-state index in [4.69, 9.17) is 4.74 Å². The number of rotatable bonds is 7. The van der Waals surface area contributed by atoms with Gasteiger partial charge in [-0.3, -0.25) is 9.89 Å². The molecular formula is C29H30N4O3. The molecule has 2 fully saturated rings. The number of benzene rings is 3. The van der Waals surface area contributed by atoms with Crippen LogP contribution in [-0.2, 0) is 4.74 Å². The van der Waals surface area contributed by atoms with Crippen molar-refractivity contribution < 1.29 is 14.6 Å². The molecule has 3 heterocycles. The van der Waals surface area contributed by atoms with E-state index in [1.165, 1.54) is 18.5 Å². The minimum absolute atomic E-state index is 0.00725. The zero-order valence-corrected chi connectivity index (χ0v) is 20.1. The zero-order valence-electron chi connectivity index (χ0n) is 20.1. The van der Waals surface area contributed by atoms with Gasteiger partial charge in [-0.2, -0.15) is 5.10 Å². The number of aromatic nitrogens is 2. The average Bonchev–Trinajstić information content (AvgIpc) is 3.45. The number of amides is 1. The Morgan fingerprint density at radius 1 is 1.06 bits per heavy atom. The summed E-state index contributed by atoms with van der Waals surface area (Å²) in [5.74, 6) is -0.176. The monoisotopic (exact) mass is 482 g/mol. The van der Waals surface area contributed by atoms with Gasteiger partial charge in [-0.15, -0.1) is 0 Å². The number of aliphatic hydroxyl groups is 1. The van der Waals surface area contributed by atoms with E-state index in [-0.39, 0.29) is 18.6 Å². The van der Waals surface area contributed by atoms with Gasteiger partial charge in [0.25, 0.3) is 5.91 Å². The number of fused-ring (bicyclic) bond motifs is 3. The van der Waals surface area contributed by atoms with Crippen molar-refractivity contribution in [2.45, 2.75) is 37.4 Å². The van der Waals surface area contributed by atoms with Crippen LogP contribution in [0.1, 0.15) is 41.2 Å². The van der Waals surface area contributed by atoms with E-state index in [1.807, 2.05) is 42.5 Å². The number of hydrogen-bond donors (Lipinski definition) is 3. The molecule has 4 aromatic rings. The SMILES string of the molecule is O=C(N[C@H](CCO)c1ccccc1)c1ccc2[nH]nc(-c3ccc(N4C5CCC4COC5)cc3)c2c1. The second-order valence-electron chi connectivity index (χ2n) is 9.66. The lowest BCUT2D eigenvalue weighted by Crippen LogP contribution is -2.45. The highest BCUT2D eigenvalue weighted by molar-refractivity contribution is 6.01. The van der Waals surface area contributed by atoms with Gasteiger partial charge in [0.05, 0.1) is 42.5 Å². The van der Waals surface area contributed by atoms with E-state index in [0.717, 1.165) is 40.9 Å². The molecule has 0 saturated carbocycles. The number of ether oxygens (including phenoxy) is 1. The van der Waals surface area contributed by atoms with Crippen molar-refractivity contribution in [2.75, 3.05) is 24.7 Å². The predicted molar refractivity (Wildman–Crippen MR) is 140 cm³/mol. The largest absolute Gasteiger partial charge is 0.396 e. The van der Waals surface area contributed by atoms with Crippen LogP contribution < -0.4 is 10.2 Å². The Balaban J connectivity index is 1.25. The van der Waals surface area contributed by atoms with Crippen molar-refractivity contribution in [3.8, 4) is 11.3 Å². The van der Waals surface area contributed by atoms with Crippen molar-refractivity contribution in [1.82, 2.24) is 15.5 Å². The van der Waals surface area contributed by atoms with Crippen molar-refractivity contribution in [2.24, 2.45) is 0 Å². The van der Waals surface area contributed by atoms with E-state index in [0.29, 0.717) is 24.1 Å². The van der Waals surface area contributed by atoms with Crippen LogP contribution in [0.4, 0.5) is 5.69 Å². The van der Waals surface area contributed by atoms with E-state index in [9.17, 15) is 9.90 Å². The first-order chi connectivity index (χ1) is 17.7. The Labute approximate surface area is 210 Å². The third-order valence-electron chi connectivity index (χ3n) is 7.43. The van der Waals surface area contributed by atoms with Crippen molar-refractivity contribution in [1.29, 1.82) is 0 Å². The highest BCUT2D eigenvalue weighted by Crippen LogP contribution is 2.35. The maximum atomic E-state index is 13.2. The summed E-state index contributed by atoms with van der Waals surface area (Å²) in [5.41, 5.74) is 5.47. The molecule has 2 saturated heterocycles. The van der Waals surface area contributed by atoms with Gasteiger partial charge in [-0.25, -0.2) is 0 Å². The number of carbonyl (C=O) groups is 1. The molecule has 3 N–H and O–H groups in total. The molecule has 184 valence electrons. The zero-order chi connectivity index (χ0) is 24.5. The summed E-state index contributed by atoms with van der Waals surface area (Å²) in [6.07, 6.45) is 2.82. The van der Waals surface area contributed by atoms with Gasteiger partial charge in [0.1, 0.15) is 0 Å². The van der Waals surface area contributed by atoms with Crippen molar-refractivity contribution in [3.05, 3.63) is 83.9 Å². The van der Waals surface area contributed by atoms with Crippen LogP contribution in [0, 0.1) is 0 Å². The van der Waals surface area contributed by atoms with Crippen LogP contribution in [-0.4, -0.2) is 53.1 Å². The smallest absolute Gasteiger partial charge is 0.251 e. The Morgan fingerprint density at radius 3 is 2.53 bits per heavy atom. The third kappa shape index (κ3) is 4.25. The number of aliphatic hydroxyl groups excluding tert-OH is 1. The fraction of sp³-hybridized carbons (Fsp3) is 0.310. The second kappa shape index (κ2) is 9.76. The summed E-state index contributed by atoms with van der Waals surface area (Å²) in [4.78, 5) is 15.7. The number of carbonyl (C=O) groups excluding carboxylic acids is 1. The predicted octanol–water partition coefficient (Wildman–Crippen LogP) is 4.45. The van der Waals surface area contributed by atoms with Gasteiger partial charge < -0.3 is 20.1 Å². The Bertz CT molecular complexity index is 1340. The van der Waals surface area contributed by atoms with E-state index in [1.54, 1.807) is 6.07 Å². The third-order valence-corrected chi connectivity index (χ3v) is 7.43. The summed E-state index contributed by atoms with van der Waals surface area (Å²) >= 11 is 0. The molecule has 6 rings (SSSR count). The van der Waals surface area contributed by atoms with Gasteiger partial charge in [0.15, 0.2) is 0 Å². The molecule has 1 aromatic heterocycles. The number of hydrogen-bond acceptors (Lipinski definition) is 5. The minimum atomic E-state index is -0.258. The maximum absolute atomic E-state index is 13.2. The lowest BCUT2D eigenvalue weighted by atomic mass is 10.0. The number of morpholine rings is 1. The molecule has 0 spiro atoms. The summed E-state index contributed by atoms with van der Waals surface area (Å²) < 4.78 is 5.73. The van der Waals surface area contributed by atoms with E-state index in [2.05, 4.69) is 44.7 Å². The Morgan fingerprint density at radius 2 is 1.81 bits per heavy atom. The molecular weight excluding hydrogens is 452 g/mol. The van der Waals surface area contributed by atoms with Crippen LogP contribution in [0.3, 0.4) is 0 Å². The normalized spacial score (nSPS) is 20.0. The molecule has 36 heavy (non-hydrogen) atoms. The Hall–Kier alpha value is -3.68. The minimum Gasteiger partial charge on any atom is -0.396 e. The highest BCUT2D eigenvalue weighted by Gasteiger charge is 2.37. The summed E-state index contributed by atoms with van der Waals surface area (Å²) in [5, 5.41) is 21.2. The highest BCUT2D eigenvalue weighted by atomic mass is 16.5. The summed E-state index contributed by atoms with van der Waals surface area (Å²) in [7, 11) is 0. The van der Waals surface area contributed by atoms with E-state index >= 15 is 0 Å². The molecule has 1 amide bonds. The van der Waals surface area contributed by atoms with Crippen molar-refractivity contribution >= 4 is 22.5 Å². The van der Waals surface area contributed by atoms with Crippen LogP contribution in [0.5, 0.6) is 0 Å². The molecule has 2 bridgehead atoms. The first-order valence-corrected chi connectivity index (χ1v) is 12.6. The lowest BCUT2D eigenvalue weighted by molar-refractivity contribution is 0.0906. The molecule has 3 aromatic carbocycles. The average molecular weight is 483 g/mol. The van der Waals surface area contributed by atoms with E-state index < -0.39 is 0 Å². The van der Waals surface area contributed by atoms with Crippen LogP contribution in [0.25, 0.3) is 22.2 Å². The molecule has 2 unspecified atom stereocenters. The second-order valence-corrected chi connectivity index (χ2v) is 9.66. The summed E-state index contributed by atoms with van der Waals surface area (Å²) in [6.45, 7) is 1.60. The van der Waals surface area contributed by atoms with Crippen LogP contribution in [0.2, 0.25) is 0 Å². The molecule has 7 nitrogen and oxygen atoms in total. The molecule has 2 aliphatic heterocycles. The van der Waals surface area contributed by atoms with Crippen LogP contribution in [0.15, 0.2) is 72.8 Å². The van der Waals surface area contributed by atoms with Gasteiger partial charge in [0, 0.05) is 28.8 Å². The first-order valence-electron chi connectivity index (χ1n) is 12.6. The van der Waals surface area contributed by atoms with Crippen LogP contribution >= 0.6 is 0 Å². The molecule has 3 atom stereocenters. The number of H-pyrrole nitrogens is 1. The summed E-state index contributed by atoms with van der Waals surface area (Å²) in [6, 6.07) is 24.6. The van der Waals surface area contributed by atoms with Gasteiger partial charge in [-0.1, -0.05) is 42.5 Å². The number of nitrogens with one attached hydrogen (secondary N) is 2. The molecule has 7 heteroatoms. The topological polar surface area (TPSA) is 90.5 Å². The first kappa shape index (κ1) is 22.8. The fourth-order valence-electron chi connectivity index (χ4n) is 5.60. The van der Waals surface area contributed by atoms with Crippen molar-refractivity contribution in [3.63, 3.8) is 0 Å². The number of nitrogens with zero attached hydrogens (tertiary/aromatic N) is 2. The molecule has 0 aliphatic carbocycles. The number of aromatic amines is 1. The lowest BCUT2D eigenvalue weighted by Gasteiger charge is -2.36. The Kier molecular flexibility index (Phi) is 6.17. The molecule has 0 radical (unpaired) electrons. The number of anilines is 1. The van der Waals surface area contributed by atoms with Gasteiger partial charge in [-0.05, 0) is 55.2 Å². The van der Waals surface area contributed by atoms with Gasteiger partial charge >= 0.3 is 0 Å². The fourth-order valence-corrected chi connectivity index (χ4v) is 5.60.